The molecule has 0 aliphatic carbocycles. The average Bonchev–Trinajstić information content (AvgIpc) is 3.33. The minimum Gasteiger partial charge on any atom is -0.467 e. The number of fused-ring (bicyclic) bond motifs is 2. The average molecular weight is 391 g/mol. The topological polar surface area (TPSA) is 58.2 Å². The molecule has 1 saturated heterocycles. The van der Waals surface area contributed by atoms with E-state index in [4.69, 9.17) is 4.74 Å². The van der Waals surface area contributed by atoms with Crippen molar-refractivity contribution in [1.82, 2.24) is 14.9 Å². The fraction of sp³-hybridized carbons (Fsp3) is 0.273. The predicted octanol–water partition coefficient (Wildman–Crippen LogP) is 4.77. The first-order valence-corrected chi connectivity index (χ1v) is 10.4. The van der Waals surface area contributed by atoms with E-state index < -0.39 is 0 Å². The number of amides is 1. The predicted molar refractivity (Wildman–Crippen MR) is 112 cm³/mol. The SMILES string of the molecule is Cc1cccc2sc(OC3CCN(C(=O)c4c[nH]c5ccccc45)CC3)nc12. The monoisotopic (exact) mass is 391 g/mol. The first-order chi connectivity index (χ1) is 13.7. The number of nitrogens with one attached hydrogen (secondary N) is 1. The molecule has 142 valence electrons. The molecule has 0 bridgehead atoms. The second-order valence-electron chi connectivity index (χ2n) is 7.26. The van der Waals surface area contributed by atoms with Gasteiger partial charge in [-0.05, 0) is 24.6 Å². The van der Waals surface area contributed by atoms with Crippen molar-refractivity contribution in [2.45, 2.75) is 25.9 Å². The summed E-state index contributed by atoms with van der Waals surface area (Å²) in [6, 6.07) is 14.1. The number of benzene rings is 2. The third-order valence-corrected chi connectivity index (χ3v) is 6.33. The van der Waals surface area contributed by atoms with Gasteiger partial charge < -0.3 is 14.6 Å². The van der Waals surface area contributed by atoms with E-state index in [1.807, 2.05) is 35.4 Å². The van der Waals surface area contributed by atoms with Crippen LogP contribution in [0.4, 0.5) is 0 Å². The summed E-state index contributed by atoms with van der Waals surface area (Å²) in [5.41, 5.74) is 3.93. The van der Waals surface area contributed by atoms with Crippen molar-refractivity contribution in [2.24, 2.45) is 0 Å². The molecule has 0 radical (unpaired) electrons. The number of aromatic nitrogens is 2. The highest BCUT2D eigenvalue weighted by Crippen LogP contribution is 2.31. The summed E-state index contributed by atoms with van der Waals surface area (Å²) in [6.07, 6.45) is 3.57. The number of aromatic amines is 1. The van der Waals surface area contributed by atoms with Gasteiger partial charge in [0.1, 0.15) is 6.10 Å². The molecule has 5 rings (SSSR count). The first kappa shape index (κ1) is 17.3. The minimum absolute atomic E-state index is 0.0894. The molecular weight excluding hydrogens is 370 g/mol. The Kier molecular flexibility index (Phi) is 4.28. The van der Waals surface area contributed by atoms with Crippen LogP contribution in [-0.4, -0.2) is 40.0 Å². The maximum absolute atomic E-state index is 12.9. The first-order valence-electron chi connectivity index (χ1n) is 9.57. The molecule has 5 nitrogen and oxygen atoms in total. The Morgan fingerprint density at radius 2 is 2.00 bits per heavy atom. The zero-order chi connectivity index (χ0) is 19.1. The lowest BCUT2D eigenvalue weighted by atomic mass is 10.1. The van der Waals surface area contributed by atoms with Crippen LogP contribution in [0.5, 0.6) is 5.19 Å². The van der Waals surface area contributed by atoms with E-state index in [2.05, 4.69) is 35.1 Å². The van der Waals surface area contributed by atoms with Gasteiger partial charge in [-0.1, -0.05) is 41.7 Å². The molecule has 6 heteroatoms. The van der Waals surface area contributed by atoms with Crippen molar-refractivity contribution in [1.29, 1.82) is 0 Å². The number of carbonyl (C=O) groups excluding carboxylic acids is 1. The van der Waals surface area contributed by atoms with Gasteiger partial charge in [-0.25, -0.2) is 4.98 Å². The van der Waals surface area contributed by atoms with E-state index >= 15 is 0 Å². The minimum atomic E-state index is 0.0894. The smallest absolute Gasteiger partial charge is 0.274 e. The zero-order valence-electron chi connectivity index (χ0n) is 15.6. The molecule has 1 aliphatic heterocycles. The van der Waals surface area contributed by atoms with Crippen LogP contribution in [-0.2, 0) is 0 Å². The van der Waals surface area contributed by atoms with Crippen molar-refractivity contribution in [3.63, 3.8) is 0 Å². The van der Waals surface area contributed by atoms with Crippen molar-refractivity contribution in [2.75, 3.05) is 13.1 Å². The van der Waals surface area contributed by atoms with E-state index in [0.29, 0.717) is 13.1 Å². The summed E-state index contributed by atoms with van der Waals surface area (Å²) < 4.78 is 7.30. The number of nitrogens with zero attached hydrogens (tertiary/aromatic N) is 2. The molecule has 28 heavy (non-hydrogen) atoms. The lowest BCUT2D eigenvalue weighted by Crippen LogP contribution is -2.41. The Hall–Kier alpha value is -2.86. The number of rotatable bonds is 3. The summed E-state index contributed by atoms with van der Waals surface area (Å²) in [7, 11) is 0. The summed E-state index contributed by atoms with van der Waals surface area (Å²) in [5.74, 6) is 0.0894. The molecule has 1 fully saturated rings. The van der Waals surface area contributed by atoms with Gasteiger partial charge in [-0.3, -0.25) is 4.79 Å². The molecule has 2 aromatic heterocycles. The largest absolute Gasteiger partial charge is 0.467 e. The summed E-state index contributed by atoms with van der Waals surface area (Å²) >= 11 is 1.59. The Balaban J connectivity index is 1.25. The highest BCUT2D eigenvalue weighted by atomic mass is 32.1. The molecule has 1 aliphatic rings. The van der Waals surface area contributed by atoms with E-state index in [9.17, 15) is 4.79 Å². The van der Waals surface area contributed by atoms with Crippen LogP contribution in [0.1, 0.15) is 28.8 Å². The number of piperidine rings is 1. The number of aryl methyl sites for hydroxylation is 1. The maximum atomic E-state index is 12.9. The molecule has 4 aromatic rings. The normalized spacial score (nSPS) is 15.4. The Labute approximate surface area is 167 Å². The van der Waals surface area contributed by atoms with Crippen molar-refractivity contribution in [3.8, 4) is 5.19 Å². The van der Waals surface area contributed by atoms with E-state index in [1.54, 1.807) is 11.3 Å². The fourth-order valence-corrected chi connectivity index (χ4v) is 4.81. The molecule has 0 spiro atoms. The second kappa shape index (κ2) is 6.95. The van der Waals surface area contributed by atoms with Gasteiger partial charge in [0.25, 0.3) is 11.1 Å². The molecule has 2 aromatic carbocycles. The second-order valence-corrected chi connectivity index (χ2v) is 8.25. The van der Waals surface area contributed by atoms with Crippen LogP contribution in [0, 0.1) is 6.92 Å². The van der Waals surface area contributed by atoms with E-state index in [0.717, 1.165) is 44.7 Å². The van der Waals surface area contributed by atoms with E-state index in [1.165, 1.54) is 5.56 Å². The van der Waals surface area contributed by atoms with Crippen molar-refractivity contribution in [3.05, 3.63) is 59.8 Å². The molecular formula is C22H21N3O2S. The summed E-state index contributed by atoms with van der Waals surface area (Å²) in [5, 5.41) is 1.71. The number of ether oxygens (including phenoxy) is 1. The molecule has 0 atom stereocenters. The van der Waals surface area contributed by atoms with Crippen LogP contribution >= 0.6 is 11.3 Å². The standard InChI is InChI=1S/C22H21N3O2S/c1-14-5-4-8-19-20(14)24-22(28-19)27-15-9-11-25(12-10-15)21(26)17-13-23-18-7-3-2-6-16(17)18/h2-8,13,15,23H,9-12H2,1H3. The van der Waals surface area contributed by atoms with Crippen LogP contribution in [0.15, 0.2) is 48.7 Å². The number of para-hydroxylation sites is 2. The van der Waals surface area contributed by atoms with Crippen LogP contribution in [0.25, 0.3) is 21.1 Å². The molecule has 3 heterocycles. The van der Waals surface area contributed by atoms with E-state index in [-0.39, 0.29) is 12.0 Å². The number of thiazole rings is 1. The molecule has 0 unspecified atom stereocenters. The highest BCUT2D eigenvalue weighted by Gasteiger charge is 2.26. The van der Waals surface area contributed by atoms with Crippen molar-refractivity contribution >= 4 is 38.4 Å². The number of likely N-dealkylation sites (tertiary alicyclic amines) is 1. The van der Waals surface area contributed by atoms with Crippen molar-refractivity contribution < 1.29 is 9.53 Å². The number of carbonyl (C=O) groups is 1. The highest BCUT2D eigenvalue weighted by molar-refractivity contribution is 7.20. The van der Waals surface area contributed by atoms with Crippen LogP contribution in [0.3, 0.4) is 0 Å². The third-order valence-electron chi connectivity index (χ3n) is 5.42. The third kappa shape index (κ3) is 3.03. The summed E-state index contributed by atoms with van der Waals surface area (Å²) in [6.45, 7) is 3.47. The van der Waals surface area contributed by atoms with Gasteiger partial charge in [0.15, 0.2) is 0 Å². The van der Waals surface area contributed by atoms with Crippen LogP contribution in [0.2, 0.25) is 0 Å². The number of H-pyrrole nitrogens is 1. The Bertz CT molecular complexity index is 1150. The molecule has 1 N–H and O–H groups in total. The lowest BCUT2D eigenvalue weighted by Gasteiger charge is -2.31. The van der Waals surface area contributed by atoms with Gasteiger partial charge in [0, 0.05) is 43.0 Å². The van der Waals surface area contributed by atoms with Gasteiger partial charge in [0.2, 0.25) is 0 Å². The lowest BCUT2D eigenvalue weighted by molar-refractivity contribution is 0.0597. The number of hydrogen-bond donors (Lipinski definition) is 1. The van der Waals surface area contributed by atoms with Gasteiger partial charge in [-0.15, -0.1) is 0 Å². The Morgan fingerprint density at radius 3 is 2.82 bits per heavy atom. The van der Waals surface area contributed by atoms with Gasteiger partial charge >= 0.3 is 0 Å². The van der Waals surface area contributed by atoms with Crippen LogP contribution < -0.4 is 4.74 Å². The molecule has 1 amide bonds. The zero-order valence-corrected chi connectivity index (χ0v) is 16.5. The number of hydrogen-bond acceptors (Lipinski definition) is 4. The maximum Gasteiger partial charge on any atom is 0.274 e. The van der Waals surface area contributed by atoms with Gasteiger partial charge in [0.05, 0.1) is 15.8 Å². The fourth-order valence-electron chi connectivity index (χ4n) is 3.85. The quantitative estimate of drug-likeness (QED) is 0.547. The Morgan fingerprint density at radius 1 is 1.18 bits per heavy atom. The van der Waals surface area contributed by atoms with Gasteiger partial charge in [-0.2, -0.15) is 0 Å². The summed E-state index contributed by atoms with van der Waals surface area (Å²) in [4.78, 5) is 22.7. The molecule has 0 saturated carbocycles.